The lowest BCUT2D eigenvalue weighted by molar-refractivity contribution is -0.135. The highest BCUT2D eigenvalue weighted by molar-refractivity contribution is 7.88. The van der Waals surface area contributed by atoms with Crippen molar-refractivity contribution in [2.24, 2.45) is 7.05 Å². The van der Waals surface area contributed by atoms with Crippen molar-refractivity contribution in [3.05, 3.63) is 52.8 Å². The summed E-state index contributed by atoms with van der Waals surface area (Å²) in [6.07, 6.45) is 4.33. The maximum Gasteiger partial charge on any atom is 0.318 e. The van der Waals surface area contributed by atoms with Crippen LogP contribution in [0.2, 0.25) is 5.02 Å². The van der Waals surface area contributed by atoms with Crippen molar-refractivity contribution in [2.45, 2.75) is 6.92 Å². The number of aliphatic carboxylic acids is 1. The predicted octanol–water partition coefficient (Wildman–Crippen LogP) is 1.37. The number of carboxylic acids is 1. The number of carbonyl (C=O) groups is 2. The molecular weight excluding hydrogens is 434 g/mol. The molecule has 0 atom stereocenters. The zero-order valence-electron chi connectivity index (χ0n) is 16.0. The van der Waals surface area contributed by atoms with Gasteiger partial charge in [0.1, 0.15) is 12.4 Å². The first-order valence-electron chi connectivity index (χ1n) is 8.59. The summed E-state index contributed by atoms with van der Waals surface area (Å²) >= 11 is 6.05. The van der Waals surface area contributed by atoms with Crippen LogP contribution in [0.1, 0.15) is 11.3 Å². The maximum absolute atomic E-state index is 12.0. The zero-order valence-corrected chi connectivity index (χ0v) is 17.5. The van der Waals surface area contributed by atoms with Crippen LogP contribution in [0.5, 0.6) is 0 Å². The van der Waals surface area contributed by atoms with Gasteiger partial charge in [0.2, 0.25) is 0 Å². The molecule has 158 valence electrons. The molecule has 3 aromatic rings. The minimum Gasteiger partial charge on any atom is -0.480 e. The van der Waals surface area contributed by atoms with Crippen LogP contribution in [0.15, 0.2) is 36.5 Å². The number of carbonyl (C=O) groups excluding carboxylic acids is 1. The summed E-state index contributed by atoms with van der Waals surface area (Å²) in [6.45, 7) is 0.914. The Kier molecular flexibility index (Phi) is 5.97. The summed E-state index contributed by atoms with van der Waals surface area (Å²) in [7, 11) is -2.54. The Morgan fingerprint density at radius 1 is 1.30 bits per heavy atom. The molecule has 0 unspecified atom stereocenters. The van der Waals surface area contributed by atoms with Gasteiger partial charge < -0.3 is 9.67 Å². The topological polar surface area (TPSA) is 135 Å². The molecule has 3 N–H and O–H groups in total. The molecule has 0 saturated carbocycles. The van der Waals surface area contributed by atoms with Crippen molar-refractivity contribution < 1.29 is 23.1 Å². The third-order valence-electron chi connectivity index (χ3n) is 4.17. The predicted molar refractivity (Wildman–Crippen MR) is 112 cm³/mol. The summed E-state index contributed by atoms with van der Waals surface area (Å²) in [5.74, 6) is -1.65. The molecule has 0 aliphatic rings. The molecule has 12 heteroatoms. The van der Waals surface area contributed by atoms with E-state index in [1.807, 2.05) is 29.0 Å². The van der Waals surface area contributed by atoms with Crippen molar-refractivity contribution in [1.29, 1.82) is 0 Å². The SMILES string of the molecule is Cc1nn(C)c(-n2ccc3cc(Cl)ccc32)c1/C=C/C(=O)NS(=O)(=O)NCC(=O)O. The van der Waals surface area contributed by atoms with Gasteiger partial charge in [-0.2, -0.15) is 18.2 Å². The number of hydrogen-bond donors (Lipinski definition) is 3. The largest absolute Gasteiger partial charge is 0.480 e. The summed E-state index contributed by atoms with van der Waals surface area (Å²) in [5, 5.41) is 14.4. The highest BCUT2D eigenvalue weighted by atomic mass is 35.5. The molecule has 10 nitrogen and oxygen atoms in total. The van der Waals surface area contributed by atoms with E-state index in [-0.39, 0.29) is 0 Å². The van der Waals surface area contributed by atoms with Gasteiger partial charge in [-0.15, -0.1) is 0 Å². The van der Waals surface area contributed by atoms with E-state index in [0.717, 1.165) is 17.0 Å². The van der Waals surface area contributed by atoms with E-state index in [0.29, 0.717) is 22.1 Å². The van der Waals surface area contributed by atoms with Gasteiger partial charge in [0.25, 0.3) is 5.91 Å². The van der Waals surface area contributed by atoms with Crippen LogP contribution in [0, 0.1) is 6.92 Å². The van der Waals surface area contributed by atoms with E-state index in [1.165, 1.54) is 6.08 Å². The van der Waals surface area contributed by atoms with Crippen LogP contribution in [0.4, 0.5) is 0 Å². The summed E-state index contributed by atoms with van der Waals surface area (Å²) in [4.78, 5) is 22.5. The zero-order chi connectivity index (χ0) is 22.1. The molecule has 1 aromatic carbocycles. The molecule has 0 fully saturated rings. The van der Waals surface area contributed by atoms with E-state index in [9.17, 15) is 18.0 Å². The third kappa shape index (κ3) is 4.70. The summed E-state index contributed by atoms with van der Waals surface area (Å²) in [5.41, 5.74) is 2.11. The lowest BCUT2D eigenvalue weighted by atomic mass is 10.2. The van der Waals surface area contributed by atoms with Gasteiger partial charge >= 0.3 is 16.2 Å². The average molecular weight is 452 g/mol. The standard InChI is InChI=1S/C18H18ClN5O5S/c1-11-14(4-6-16(25)22-30(28,29)20-10-17(26)27)18(23(2)21-11)24-8-7-12-9-13(19)3-5-15(12)24/h3-9,20H,10H2,1-2H3,(H,22,25)(H,26,27)/b6-4+. The Hall–Kier alpha value is -3.15. The fourth-order valence-electron chi connectivity index (χ4n) is 2.96. The number of aromatic nitrogens is 3. The van der Waals surface area contributed by atoms with Gasteiger partial charge in [-0.05, 0) is 37.3 Å². The second-order valence-corrected chi connectivity index (χ2v) is 8.29. The Bertz CT molecular complexity index is 1280. The highest BCUT2D eigenvalue weighted by Gasteiger charge is 2.17. The van der Waals surface area contributed by atoms with Gasteiger partial charge in [-0.3, -0.25) is 14.3 Å². The van der Waals surface area contributed by atoms with Crippen LogP contribution in [-0.4, -0.2) is 46.3 Å². The Labute approximate surface area is 176 Å². The monoisotopic (exact) mass is 451 g/mol. The van der Waals surface area contributed by atoms with Crippen LogP contribution >= 0.6 is 11.6 Å². The fraction of sp³-hybridized carbons (Fsp3) is 0.167. The van der Waals surface area contributed by atoms with Crippen molar-refractivity contribution in [3.8, 4) is 5.82 Å². The van der Waals surface area contributed by atoms with E-state index < -0.39 is 28.6 Å². The molecule has 2 aromatic heterocycles. The number of nitrogens with zero attached hydrogens (tertiary/aromatic N) is 3. The molecular formula is C18H18ClN5O5S. The second-order valence-electron chi connectivity index (χ2n) is 6.35. The normalized spacial score (nSPS) is 12.0. The number of benzene rings is 1. The van der Waals surface area contributed by atoms with Crippen LogP contribution in [-0.2, 0) is 26.8 Å². The van der Waals surface area contributed by atoms with Crippen molar-refractivity contribution in [2.75, 3.05) is 6.54 Å². The van der Waals surface area contributed by atoms with E-state index in [1.54, 1.807) is 34.2 Å². The van der Waals surface area contributed by atoms with Gasteiger partial charge in [0.05, 0.1) is 11.2 Å². The van der Waals surface area contributed by atoms with Crippen molar-refractivity contribution in [3.63, 3.8) is 0 Å². The fourth-order valence-corrected chi connectivity index (χ4v) is 3.86. The van der Waals surface area contributed by atoms with Gasteiger partial charge in [-0.1, -0.05) is 11.6 Å². The minimum atomic E-state index is -4.29. The van der Waals surface area contributed by atoms with Crippen molar-refractivity contribution in [1.82, 2.24) is 23.8 Å². The molecule has 2 heterocycles. The molecule has 0 saturated heterocycles. The number of fused-ring (bicyclic) bond motifs is 1. The lowest BCUT2D eigenvalue weighted by Gasteiger charge is -2.08. The second kappa shape index (κ2) is 8.30. The first-order valence-corrected chi connectivity index (χ1v) is 10.5. The molecule has 0 radical (unpaired) electrons. The number of aryl methyl sites for hydroxylation is 2. The lowest BCUT2D eigenvalue weighted by Crippen LogP contribution is -2.41. The van der Waals surface area contributed by atoms with Crippen LogP contribution in [0.3, 0.4) is 0 Å². The minimum absolute atomic E-state index is 0.607. The molecule has 3 rings (SSSR count). The molecule has 0 aliphatic carbocycles. The number of carboxylic acid groups (broad SMARTS) is 1. The van der Waals surface area contributed by atoms with E-state index in [4.69, 9.17) is 16.7 Å². The van der Waals surface area contributed by atoms with Gasteiger partial charge in [-0.25, -0.2) is 4.72 Å². The number of rotatable bonds is 7. The maximum atomic E-state index is 12.0. The Morgan fingerprint density at radius 3 is 2.73 bits per heavy atom. The summed E-state index contributed by atoms with van der Waals surface area (Å²) in [6, 6.07) is 7.35. The quantitative estimate of drug-likeness (QED) is 0.464. The first-order chi connectivity index (χ1) is 14.1. The molecule has 0 bridgehead atoms. The smallest absolute Gasteiger partial charge is 0.318 e. The van der Waals surface area contributed by atoms with Crippen molar-refractivity contribution >= 4 is 50.7 Å². The molecule has 0 aliphatic heterocycles. The highest BCUT2D eigenvalue weighted by Crippen LogP contribution is 2.27. The van der Waals surface area contributed by atoms with E-state index >= 15 is 0 Å². The van der Waals surface area contributed by atoms with Gasteiger partial charge in [0.15, 0.2) is 0 Å². The summed E-state index contributed by atoms with van der Waals surface area (Å²) < 4.78 is 30.4. The first kappa shape index (κ1) is 21.6. The molecule has 0 spiro atoms. The number of amides is 1. The van der Waals surface area contributed by atoms with E-state index in [2.05, 4.69) is 5.10 Å². The third-order valence-corrected chi connectivity index (χ3v) is 5.40. The number of hydrogen-bond acceptors (Lipinski definition) is 5. The van der Waals surface area contributed by atoms with Crippen LogP contribution in [0.25, 0.3) is 22.8 Å². The van der Waals surface area contributed by atoms with Crippen LogP contribution < -0.4 is 9.44 Å². The molecule has 30 heavy (non-hydrogen) atoms. The Morgan fingerprint density at radius 2 is 2.03 bits per heavy atom. The average Bonchev–Trinajstić information content (AvgIpc) is 3.17. The number of halogens is 1. The Balaban J connectivity index is 1.90. The molecule has 1 amide bonds. The number of nitrogens with one attached hydrogen (secondary N) is 2. The van der Waals surface area contributed by atoms with Gasteiger partial charge in [0, 0.05) is 35.3 Å².